The number of amides is 1. The van der Waals surface area contributed by atoms with Crippen LogP contribution in [0.3, 0.4) is 0 Å². The van der Waals surface area contributed by atoms with E-state index in [-0.39, 0.29) is 5.91 Å². The lowest BCUT2D eigenvalue weighted by Crippen LogP contribution is -2.47. The molecule has 1 aromatic carbocycles. The van der Waals surface area contributed by atoms with Crippen LogP contribution in [0.5, 0.6) is 5.75 Å². The number of piperidine rings is 1. The largest absolute Gasteiger partial charge is 0.496 e. The van der Waals surface area contributed by atoms with Crippen LogP contribution in [-0.2, 0) is 11.2 Å². The van der Waals surface area contributed by atoms with Gasteiger partial charge in [0, 0.05) is 23.0 Å². The number of hydrogen-bond acceptors (Lipinski definition) is 4. The van der Waals surface area contributed by atoms with Crippen LogP contribution in [0.15, 0.2) is 35.1 Å². The summed E-state index contributed by atoms with van der Waals surface area (Å²) in [5.74, 6) is 1.10. The number of halogens is 1. The number of rotatable bonds is 5. The Balaban J connectivity index is 1.41. The van der Waals surface area contributed by atoms with Gasteiger partial charge < -0.3 is 9.64 Å². The van der Waals surface area contributed by atoms with Gasteiger partial charge in [0.05, 0.1) is 25.5 Å². The Morgan fingerprint density at radius 2 is 1.88 bits per heavy atom. The molecule has 3 heterocycles. The Bertz CT molecular complexity index is 766. The number of carbonyl (C=O) groups excluding carboxylic acids is 1. The molecule has 2 fully saturated rings. The Morgan fingerprint density at radius 1 is 1.19 bits per heavy atom. The van der Waals surface area contributed by atoms with E-state index in [2.05, 4.69) is 31.0 Å². The molecule has 4 rings (SSSR count). The van der Waals surface area contributed by atoms with Crippen LogP contribution in [0.25, 0.3) is 0 Å². The number of nitrogens with zero attached hydrogens (tertiary/aromatic N) is 4. The van der Waals surface area contributed by atoms with Gasteiger partial charge in [-0.15, -0.1) is 0 Å². The molecule has 0 spiro atoms. The van der Waals surface area contributed by atoms with Crippen LogP contribution in [0.2, 0.25) is 0 Å². The van der Waals surface area contributed by atoms with E-state index in [1.807, 2.05) is 23.0 Å². The first kappa shape index (κ1) is 17.5. The molecule has 7 heteroatoms. The van der Waals surface area contributed by atoms with Crippen molar-refractivity contribution in [2.45, 2.75) is 56.7 Å². The van der Waals surface area contributed by atoms with Gasteiger partial charge in [-0.05, 0) is 55.9 Å². The third-order valence-electron chi connectivity index (χ3n) is 5.61. The molecule has 2 bridgehead atoms. The van der Waals surface area contributed by atoms with Crippen LogP contribution in [0.1, 0.15) is 43.7 Å². The summed E-state index contributed by atoms with van der Waals surface area (Å²) in [5, 5.41) is 8.59. The molecule has 2 saturated heterocycles. The van der Waals surface area contributed by atoms with Crippen LogP contribution in [-0.4, -0.2) is 45.0 Å². The highest BCUT2D eigenvalue weighted by Crippen LogP contribution is 2.40. The predicted molar refractivity (Wildman–Crippen MR) is 101 cm³/mol. The molecule has 2 aromatic rings. The summed E-state index contributed by atoms with van der Waals surface area (Å²) in [4.78, 5) is 16.9. The smallest absolute Gasteiger partial charge is 0.223 e. The zero-order chi connectivity index (χ0) is 18.1. The number of hydrogen-bond donors (Lipinski definition) is 0. The standard InChI is InChI=1S/C19H23BrN4O2/c1-26-18-6-3-14(20)10-13(18)2-7-19(25)23-15-4-5-16(23)12-17(11-15)24-21-8-9-22-24/h3,6,8-10,15-17H,2,4-5,7,11-12H2,1H3. The van der Waals surface area contributed by atoms with Crippen molar-refractivity contribution < 1.29 is 9.53 Å². The molecule has 6 nitrogen and oxygen atoms in total. The van der Waals surface area contributed by atoms with Gasteiger partial charge in [0.1, 0.15) is 5.75 Å². The van der Waals surface area contributed by atoms with E-state index in [0.717, 1.165) is 41.5 Å². The molecule has 2 atom stereocenters. The fourth-order valence-electron chi connectivity index (χ4n) is 4.47. The first-order valence-electron chi connectivity index (χ1n) is 9.15. The van der Waals surface area contributed by atoms with Gasteiger partial charge in [-0.3, -0.25) is 4.79 Å². The monoisotopic (exact) mass is 418 g/mol. The molecule has 1 aromatic heterocycles. The average molecular weight is 419 g/mol. The van der Waals surface area contributed by atoms with E-state index in [0.29, 0.717) is 31.0 Å². The molecule has 0 aliphatic carbocycles. The summed E-state index contributed by atoms with van der Waals surface area (Å²) in [5.41, 5.74) is 1.07. The molecule has 0 saturated carbocycles. The highest BCUT2D eigenvalue weighted by molar-refractivity contribution is 9.10. The predicted octanol–water partition coefficient (Wildman–Crippen LogP) is 3.38. The number of ether oxygens (including phenoxy) is 1. The lowest BCUT2D eigenvalue weighted by Gasteiger charge is -2.38. The number of fused-ring (bicyclic) bond motifs is 2. The first-order valence-corrected chi connectivity index (χ1v) is 9.94. The summed E-state index contributed by atoms with van der Waals surface area (Å²) in [7, 11) is 1.67. The first-order chi connectivity index (χ1) is 12.7. The van der Waals surface area contributed by atoms with E-state index < -0.39 is 0 Å². The van der Waals surface area contributed by atoms with Crippen LogP contribution in [0.4, 0.5) is 0 Å². The Hall–Kier alpha value is -1.89. The van der Waals surface area contributed by atoms with Gasteiger partial charge in [-0.1, -0.05) is 15.9 Å². The number of carbonyl (C=O) groups is 1. The minimum Gasteiger partial charge on any atom is -0.496 e. The van der Waals surface area contributed by atoms with Crippen molar-refractivity contribution in [2.75, 3.05) is 7.11 Å². The minimum absolute atomic E-state index is 0.256. The van der Waals surface area contributed by atoms with E-state index >= 15 is 0 Å². The zero-order valence-corrected chi connectivity index (χ0v) is 16.4. The summed E-state index contributed by atoms with van der Waals surface area (Å²) in [6.45, 7) is 0. The average Bonchev–Trinajstić information content (AvgIpc) is 3.26. The topological polar surface area (TPSA) is 60.2 Å². The van der Waals surface area contributed by atoms with Gasteiger partial charge in [0.25, 0.3) is 0 Å². The molecule has 26 heavy (non-hydrogen) atoms. The van der Waals surface area contributed by atoms with Crippen molar-refractivity contribution in [3.05, 3.63) is 40.6 Å². The van der Waals surface area contributed by atoms with E-state index in [1.54, 1.807) is 19.5 Å². The number of methoxy groups -OCH3 is 1. The lowest BCUT2D eigenvalue weighted by molar-refractivity contribution is -0.136. The summed E-state index contributed by atoms with van der Waals surface area (Å²) in [6.07, 6.45) is 8.76. The fraction of sp³-hybridized carbons (Fsp3) is 0.526. The molecule has 0 radical (unpaired) electrons. The molecular formula is C19H23BrN4O2. The normalized spacial score (nSPS) is 24.7. The minimum atomic E-state index is 0.256. The Morgan fingerprint density at radius 3 is 2.54 bits per heavy atom. The second kappa shape index (κ2) is 7.39. The molecule has 1 amide bonds. The van der Waals surface area contributed by atoms with Crippen LogP contribution >= 0.6 is 15.9 Å². The van der Waals surface area contributed by atoms with Crippen molar-refractivity contribution in [1.82, 2.24) is 19.9 Å². The number of benzene rings is 1. The van der Waals surface area contributed by atoms with Crippen LogP contribution < -0.4 is 4.74 Å². The number of aromatic nitrogens is 3. The van der Waals surface area contributed by atoms with Crippen molar-refractivity contribution in [1.29, 1.82) is 0 Å². The van der Waals surface area contributed by atoms with Crippen molar-refractivity contribution in [3.63, 3.8) is 0 Å². The van der Waals surface area contributed by atoms with Crippen LogP contribution in [0, 0.1) is 0 Å². The summed E-state index contributed by atoms with van der Waals surface area (Å²) in [6, 6.07) is 6.89. The second-order valence-electron chi connectivity index (χ2n) is 7.12. The maximum Gasteiger partial charge on any atom is 0.223 e. The second-order valence-corrected chi connectivity index (χ2v) is 8.03. The molecule has 2 aliphatic rings. The van der Waals surface area contributed by atoms with E-state index in [1.165, 1.54) is 0 Å². The summed E-state index contributed by atoms with van der Waals surface area (Å²) < 4.78 is 6.43. The Labute approximate surface area is 161 Å². The van der Waals surface area contributed by atoms with E-state index in [9.17, 15) is 4.79 Å². The molecule has 0 N–H and O–H groups in total. The molecule has 138 valence electrons. The van der Waals surface area contributed by atoms with Gasteiger partial charge in [-0.25, -0.2) is 0 Å². The molecule has 2 aliphatic heterocycles. The molecular weight excluding hydrogens is 396 g/mol. The fourth-order valence-corrected chi connectivity index (χ4v) is 4.88. The van der Waals surface area contributed by atoms with Gasteiger partial charge in [-0.2, -0.15) is 15.0 Å². The van der Waals surface area contributed by atoms with Gasteiger partial charge in [0.15, 0.2) is 0 Å². The lowest BCUT2D eigenvalue weighted by atomic mass is 9.96. The highest BCUT2D eigenvalue weighted by atomic mass is 79.9. The Kier molecular flexibility index (Phi) is 4.98. The SMILES string of the molecule is COc1ccc(Br)cc1CCC(=O)N1C2CCC1CC(n1nccn1)C2. The van der Waals surface area contributed by atoms with Crippen molar-refractivity contribution >= 4 is 21.8 Å². The maximum atomic E-state index is 12.9. The third-order valence-corrected chi connectivity index (χ3v) is 6.10. The van der Waals surface area contributed by atoms with Gasteiger partial charge in [0.2, 0.25) is 5.91 Å². The number of aryl methyl sites for hydroxylation is 1. The zero-order valence-electron chi connectivity index (χ0n) is 14.8. The van der Waals surface area contributed by atoms with Crippen molar-refractivity contribution in [3.8, 4) is 5.75 Å². The molecule has 2 unspecified atom stereocenters. The summed E-state index contributed by atoms with van der Waals surface area (Å²) >= 11 is 3.50. The maximum absolute atomic E-state index is 12.9. The van der Waals surface area contributed by atoms with E-state index in [4.69, 9.17) is 4.74 Å². The quantitative estimate of drug-likeness (QED) is 0.746. The third kappa shape index (κ3) is 3.37. The van der Waals surface area contributed by atoms with Gasteiger partial charge >= 0.3 is 0 Å². The highest BCUT2D eigenvalue weighted by Gasteiger charge is 2.43. The van der Waals surface area contributed by atoms with Crippen molar-refractivity contribution in [2.24, 2.45) is 0 Å².